The van der Waals surface area contributed by atoms with Crippen molar-refractivity contribution in [2.45, 2.75) is 0 Å². The first-order chi connectivity index (χ1) is 12.7. The standard InChI is InChI=1S/C22H18BNO2/c25-23(26)19-13-11-17-12-14-22(16-18(17)15-19)24(20-7-3-1-4-8-20)21-9-5-2-6-10-21/h1-16,25-26H. The highest BCUT2D eigenvalue weighted by Crippen LogP contribution is 2.35. The van der Waals surface area contributed by atoms with Crippen LogP contribution in [0.3, 0.4) is 0 Å². The molecule has 0 radical (unpaired) electrons. The molecule has 0 aliphatic rings. The fraction of sp³-hybridized carbons (Fsp3) is 0. The Morgan fingerprint density at radius 2 is 1.12 bits per heavy atom. The largest absolute Gasteiger partial charge is 0.488 e. The summed E-state index contributed by atoms with van der Waals surface area (Å²) in [7, 11) is -1.47. The van der Waals surface area contributed by atoms with Gasteiger partial charge in [-0.1, -0.05) is 60.7 Å². The van der Waals surface area contributed by atoms with E-state index in [1.54, 1.807) is 6.07 Å². The Bertz CT molecular complexity index is 980. The first-order valence-electron chi connectivity index (χ1n) is 8.52. The summed E-state index contributed by atoms with van der Waals surface area (Å²) in [5.74, 6) is 0. The van der Waals surface area contributed by atoms with E-state index in [0.717, 1.165) is 27.8 Å². The van der Waals surface area contributed by atoms with E-state index < -0.39 is 7.12 Å². The molecule has 26 heavy (non-hydrogen) atoms. The smallest absolute Gasteiger partial charge is 0.423 e. The molecule has 0 aromatic heterocycles. The van der Waals surface area contributed by atoms with Crippen LogP contribution in [0.5, 0.6) is 0 Å². The molecule has 0 aliphatic carbocycles. The summed E-state index contributed by atoms with van der Waals surface area (Å²) in [6.07, 6.45) is 0. The summed E-state index contributed by atoms with van der Waals surface area (Å²) < 4.78 is 0. The Kier molecular flexibility index (Phi) is 4.44. The zero-order valence-corrected chi connectivity index (χ0v) is 14.2. The van der Waals surface area contributed by atoms with Gasteiger partial charge in [-0.15, -0.1) is 0 Å². The maximum absolute atomic E-state index is 9.46. The van der Waals surface area contributed by atoms with E-state index in [1.165, 1.54) is 0 Å². The predicted octanol–water partition coefficient (Wildman–Crippen LogP) is 3.99. The molecule has 0 heterocycles. The van der Waals surface area contributed by atoms with Crippen LogP contribution in [-0.4, -0.2) is 17.2 Å². The van der Waals surface area contributed by atoms with Crippen molar-refractivity contribution in [1.82, 2.24) is 0 Å². The third kappa shape index (κ3) is 3.20. The molecule has 4 rings (SSSR count). The third-order valence-corrected chi connectivity index (χ3v) is 4.43. The van der Waals surface area contributed by atoms with Crippen LogP contribution in [0.15, 0.2) is 97.1 Å². The number of fused-ring (bicyclic) bond motifs is 1. The van der Waals surface area contributed by atoms with E-state index in [4.69, 9.17) is 0 Å². The Balaban J connectivity index is 1.88. The molecule has 0 fully saturated rings. The minimum absolute atomic E-state index is 0.487. The maximum atomic E-state index is 9.46. The lowest BCUT2D eigenvalue weighted by Crippen LogP contribution is -2.29. The van der Waals surface area contributed by atoms with Gasteiger partial charge in [0.2, 0.25) is 0 Å². The summed E-state index contributed by atoms with van der Waals surface area (Å²) in [5, 5.41) is 20.9. The van der Waals surface area contributed by atoms with Gasteiger partial charge < -0.3 is 14.9 Å². The monoisotopic (exact) mass is 339 g/mol. The number of hydrogen-bond donors (Lipinski definition) is 2. The SMILES string of the molecule is OB(O)c1ccc2ccc(N(c3ccccc3)c3ccccc3)cc2c1. The third-order valence-electron chi connectivity index (χ3n) is 4.43. The van der Waals surface area contributed by atoms with E-state index in [1.807, 2.05) is 48.5 Å². The molecule has 0 bridgehead atoms. The molecule has 0 saturated carbocycles. The molecule has 0 saturated heterocycles. The second-order valence-electron chi connectivity index (χ2n) is 6.17. The maximum Gasteiger partial charge on any atom is 0.488 e. The van der Waals surface area contributed by atoms with Gasteiger partial charge in [0.1, 0.15) is 0 Å². The fourth-order valence-electron chi connectivity index (χ4n) is 3.15. The fourth-order valence-corrected chi connectivity index (χ4v) is 3.15. The van der Waals surface area contributed by atoms with Gasteiger partial charge in [0.05, 0.1) is 0 Å². The van der Waals surface area contributed by atoms with Crippen molar-refractivity contribution in [1.29, 1.82) is 0 Å². The van der Waals surface area contributed by atoms with Crippen LogP contribution in [0, 0.1) is 0 Å². The van der Waals surface area contributed by atoms with Crippen LogP contribution in [0.4, 0.5) is 17.1 Å². The molecule has 0 amide bonds. The van der Waals surface area contributed by atoms with Crippen molar-refractivity contribution >= 4 is 40.4 Å². The average Bonchev–Trinajstić information content (AvgIpc) is 2.69. The van der Waals surface area contributed by atoms with Gasteiger partial charge in [-0.05, 0) is 52.6 Å². The van der Waals surface area contributed by atoms with Crippen molar-refractivity contribution in [2.24, 2.45) is 0 Å². The van der Waals surface area contributed by atoms with Crippen molar-refractivity contribution in [3.63, 3.8) is 0 Å². The van der Waals surface area contributed by atoms with Crippen molar-refractivity contribution in [3.05, 3.63) is 97.1 Å². The predicted molar refractivity (Wildman–Crippen MR) is 108 cm³/mol. The Morgan fingerprint density at radius 3 is 1.69 bits per heavy atom. The topological polar surface area (TPSA) is 43.7 Å². The number of para-hydroxylation sites is 2. The van der Waals surface area contributed by atoms with E-state index in [9.17, 15) is 10.0 Å². The second kappa shape index (κ2) is 7.04. The van der Waals surface area contributed by atoms with E-state index >= 15 is 0 Å². The van der Waals surface area contributed by atoms with Gasteiger partial charge in [0.15, 0.2) is 0 Å². The van der Waals surface area contributed by atoms with E-state index in [-0.39, 0.29) is 0 Å². The molecule has 3 nitrogen and oxygen atoms in total. The van der Waals surface area contributed by atoms with Crippen molar-refractivity contribution < 1.29 is 10.0 Å². The minimum atomic E-state index is -1.47. The highest BCUT2D eigenvalue weighted by Gasteiger charge is 2.14. The first-order valence-corrected chi connectivity index (χ1v) is 8.52. The molecule has 2 N–H and O–H groups in total. The van der Waals surface area contributed by atoms with Gasteiger partial charge in [0, 0.05) is 17.1 Å². The Morgan fingerprint density at radius 1 is 0.538 bits per heavy atom. The van der Waals surface area contributed by atoms with Crippen molar-refractivity contribution in [2.75, 3.05) is 4.90 Å². The van der Waals surface area contributed by atoms with Gasteiger partial charge >= 0.3 is 7.12 Å². The summed E-state index contributed by atoms with van der Waals surface area (Å²) in [5.41, 5.74) is 3.63. The van der Waals surface area contributed by atoms with Gasteiger partial charge in [-0.25, -0.2) is 0 Å². The normalized spacial score (nSPS) is 10.7. The number of nitrogens with zero attached hydrogens (tertiary/aromatic N) is 1. The number of anilines is 3. The van der Waals surface area contributed by atoms with E-state index in [0.29, 0.717) is 5.46 Å². The molecular formula is C22H18BNO2. The molecule has 4 aromatic rings. The molecule has 0 atom stereocenters. The quantitative estimate of drug-likeness (QED) is 0.553. The summed E-state index contributed by atoms with van der Waals surface area (Å²) >= 11 is 0. The van der Waals surface area contributed by atoms with Crippen LogP contribution >= 0.6 is 0 Å². The minimum Gasteiger partial charge on any atom is -0.423 e. The van der Waals surface area contributed by atoms with Crippen LogP contribution in [0.1, 0.15) is 0 Å². The molecule has 0 spiro atoms. The molecule has 126 valence electrons. The molecule has 0 unspecified atom stereocenters. The van der Waals surface area contributed by atoms with E-state index in [2.05, 4.69) is 47.4 Å². The van der Waals surface area contributed by atoms with Gasteiger partial charge in [-0.2, -0.15) is 0 Å². The zero-order valence-electron chi connectivity index (χ0n) is 14.2. The Hall–Kier alpha value is -3.08. The molecule has 0 aliphatic heterocycles. The average molecular weight is 339 g/mol. The van der Waals surface area contributed by atoms with Crippen LogP contribution in [-0.2, 0) is 0 Å². The van der Waals surface area contributed by atoms with Crippen LogP contribution in [0.2, 0.25) is 0 Å². The lowest BCUT2D eigenvalue weighted by molar-refractivity contribution is 0.426. The summed E-state index contributed by atoms with van der Waals surface area (Å²) in [6.45, 7) is 0. The van der Waals surface area contributed by atoms with Gasteiger partial charge in [0.25, 0.3) is 0 Å². The van der Waals surface area contributed by atoms with Crippen molar-refractivity contribution in [3.8, 4) is 0 Å². The number of hydrogen-bond acceptors (Lipinski definition) is 3. The Labute approximate surface area is 152 Å². The first kappa shape index (κ1) is 16.4. The highest BCUT2D eigenvalue weighted by molar-refractivity contribution is 6.58. The number of benzene rings is 4. The molecule has 4 heteroatoms. The van der Waals surface area contributed by atoms with Gasteiger partial charge in [-0.3, -0.25) is 0 Å². The molecule has 4 aromatic carbocycles. The lowest BCUT2D eigenvalue weighted by atomic mass is 9.79. The number of rotatable bonds is 4. The van der Waals surface area contributed by atoms with Crippen LogP contribution < -0.4 is 10.4 Å². The highest BCUT2D eigenvalue weighted by atomic mass is 16.4. The summed E-state index contributed by atoms with van der Waals surface area (Å²) in [4.78, 5) is 2.18. The van der Waals surface area contributed by atoms with Crippen LogP contribution in [0.25, 0.3) is 10.8 Å². The molecular weight excluding hydrogens is 321 g/mol. The lowest BCUT2D eigenvalue weighted by Gasteiger charge is -2.25. The zero-order chi connectivity index (χ0) is 17.9. The second-order valence-corrected chi connectivity index (χ2v) is 6.17. The summed E-state index contributed by atoms with van der Waals surface area (Å²) in [6, 6.07) is 32.0.